The van der Waals surface area contributed by atoms with Crippen LogP contribution in [0.5, 0.6) is 0 Å². The van der Waals surface area contributed by atoms with E-state index < -0.39 is 60.7 Å². The zero-order valence-electron chi connectivity index (χ0n) is 46.8. The Morgan fingerprint density at radius 1 is 0.468 bits per heavy atom. The molecule has 5 heteroatoms. The molecule has 5 aromatic carbocycles. The van der Waals surface area contributed by atoms with Gasteiger partial charge in [-0.05, 0) is 125 Å². The molecule has 0 aliphatic carbocycles. The SMILES string of the molecule is [2H]C([2H])(c1ccc(-c2cccc3c2oc2c(F)cccc23)nc1)C([2H])([2H])c1cc(C([2H])([2H])C([2H])([2H])c2cnc(-c3ccccc3)cc2C(C)C)cc(C([2H])([2H])C([2H])([2H])c2cnc(-c3ccccc3)cc2C(C)C)c1. The van der Waals surface area contributed by atoms with Gasteiger partial charge in [-0.25, -0.2) is 4.39 Å². The first kappa shape index (κ1) is 28.7. The van der Waals surface area contributed by atoms with E-state index in [9.17, 15) is 20.8 Å². The zero-order valence-corrected chi connectivity index (χ0v) is 34.8. The lowest BCUT2D eigenvalue weighted by atomic mass is 9.90. The summed E-state index contributed by atoms with van der Waals surface area (Å²) in [5.74, 6) is -1.22. The van der Waals surface area contributed by atoms with Crippen molar-refractivity contribution in [2.45, 2.75) is 77.8 Å². The van der Waals surface area contributed by atoms with Gasteiger partial charge in [-0.3, -0.25) is 15.0 Å². The van der Waals surface area contributed by atoms with Crippen LogP contribution in [0.1, 0.15) is 100 Å². The molecule has 9 rings (SSSR count). The standard InChI is InChI=1S/C57H52FN3O/c1-37(2)50-32-54(43-13-7-5-8-14-43)60-35-45(50)26-23-41-29-40(30-42(31-41)24-27-46-36-61-55(33-51(46)38(3)4)44-15-9-6-10-16-44)22-21-39-25-28-53(59-34-39)49-19-11-17-47-48-18-12-20-52(58)57(48)62-56(47)49/h5-20,25,28-38H,21-24,26-27H2,1-4H3/i21D2,22D2,23D2,24D2,26D2,27D2. The summed E-state index contributed by atoms with van der Waals surface area (Å²) in [6.07, 6.45) is -14.6. The summed E-state index contributed by atoms with van der Waals surface area (Å²) in [4.78, 5) is 13.6. The van der Waals surface area contributed by atoms with Gasteiger partial charge in [0.1, 0.15) is 5.58 Å². The number of nitrogens with zero attached hydrogens (tertiary/aromatic N) is 3. The molecule has 4 nitrogen and oxygen atoms in total. The highest BCUT2D eigenvalue weighted by Crippen LogP contribution is 2.36. The number of hydrogen-bond donors (Lipinski definition) is 0. The lowest BCUT2D eigenvalue weighted by Crippen LogP contribution is -2.04. The number of furan rings is 1. The van der Waals surface area contributed by atoms with Gasteiger partial charge < -0.3 is 4.42 Å². The lowest BCUT2D eigenvalue weighted by Gasteiger charge is -2.16. The van der Waals surface area contributed by atoms with E-state index in [2.05, 4.69) is 15.0 Å². The van der Waals surface area contributed by atoms with E-state index in [1.54, 1.807) is 42.5 Å². The molecular formula is C57H52FN3O. The van der Waals surface area contributed by atoms with Crippen molar-refractivity contribution in [2.24, 2.45) is 0 Å². The topological polar surface area (TPSA) is 51.8 Å². The molecule has 0 aliphatic heterocycles. The minimum atomic E-state index is -3.15. The molecule has 0 atom stereocenters. The fourth-order valence-electron chi connectivity index (χ4n) is 7.52. The maximum Gasteiger partial charge on any atom is 0.171 e. The Morgan fingerprint density at radius 3 is 1.47 bits per heavy atom. The van der Waals surface area contributed by atoms with Gasteiger partial charge in [-0.1, -0.05) is 137 Å². The summed E-state index contributed by atoms with van der Waals surface area (Å²) in [6.45, 7) is 7.33. The van der Waals surface area contributed by atoms with E-state index in [0.717, 1.165) is 35.5 Å². The molecule has 0 fully saturated rings. The quantitative estimate of drug-likeness (QED) is 0.110. The Balaban J connectivity index is 1.18. The second-order valence-electron chi connectivity index (χ2n) is 15.7. The molecule has 62 heavy (non-hydrogen) atoms. The summed E-state index contributed by atoms with van der Waals surface area (Å²) < 4.78 is 136. The van der Waals surface area contributed by atoms with Crippen molar-refractivity contribution in [3.63, 3.8) is 0 Å². The molecule has 0 N–H and O–H groups in total. The number of aromatic nitrogens is 3. The van der Waals surface area contributed by atoms with Gasteiger partial charge in [0.05, 0.1) is 17.1 Å². The molecule has 0 amide bonds. The number of halogens is 1. The molecule has 0 aliphatic rings. The summed E-state index contributed by atoms with van der Waals surface area (Å²) in [5.41, 5.74) is 2.42. The molecule has 0 radical (unpaired) electrons. The van der Waals surface area contributed by atoms with Crippen molar-refractivity contribution >= 4 is 21.9 Å². The maximum atomic E-state index is 14.8. The number of pyridine rings is 3. The predicted octanol–water partition coefficient (Wildman–Crippen LogP) is 14.5. The highest BCUT2D eigenvalue weighted by molar-refractivity contribution is 6.09. The normalized spacial score (nSPS) is 15.9. The average Bonchev–Trinajstić information content (AvgIpc) is 3.78. The first-order valence-electron chi connectivity index (χ1n) is 26.7. The second-order valence-corrected chi connectivity index (χ2v) is 15.7. The Morgan fingerprint density at radius 2 is 0.952 bits per heavy atom. The van der Waals surface area contributed by atoms with Crippen molar-refractivity contribution in [3.8, 4) is 33.8 Å². The highest BCUT2D eigenvalue weighted by Gasteiger charge is 2.17. The largest absolute Gasteiger partial charge is 0.452 e. The van der Waals surface area contributed by atoms with Gasteiger partial charge in [-0.15, -0.1) is 0 Å². The van der Waals surface area contributed by atoms with Crippen LogP contribution >= 0.6 is 0 Å². The number of hydrogen-bond acceptors (Lipinski definition) is 4. The van der Waals surface area contributed by atoms with Gasteiger partial charge in [0.15, 0.2) is 11.4 Å². The van der Waals surface area contributed by atoms with Crippen molar-refractivity contribution < 1.29 is 25.3 Å². The third-order valence-electron chi connectivity index (χ3n) is 10.7. The van der Waals surface area contributed by atoms with E-state index in [1.165, 1.54) is 30.6 Å². The van der Waals surface area contributed by atoms with Crippen LogP contribution in [0.2, 0.25) is 0 Å². The van der Waals surface area contributed by atoms with Crippen molar-refractivity contribution in [1.29, 1.82) is 0 Å². The Hall–Kier alpha value is -6.72. The minimum Gasteiger partial charge on any atom is -0.452 e. The fourth-order valence-corrected chi connectivity index (χ4v) is 7.52. The third kappa shape index (κ3) is 8.85. The maximum absolute atomic E-state index is 14.8. The summed E-state index contributed by atoms with van der Waals surface area (Å²) in [6, 6.07) is 37.5. The van der Waals surface area contributed by atoms with Crippen LogP contribution in [-0.4, -0.2) is 15.0 Å². The van der Waals surface area contributed by atoms with Crippen LogP contribution in [0.3, 0.4) is 0 Å². The molecule has 0 bridgehead atoms. The van der Waals surface area contributed by atoms with Crippen LogP contribution in [0.15, 0.2) is 163 Å². The van der Waals surface area contributed by atoms with E-state index in [4.69, 9.17) is 4.42 Å². The number of benzene rings is 5. The summed E-state index contributed by atoms with van der Waals surface area (Å²) in [5, 5.41) is 1.18. The van der Waals surface area contributed by atoms with Gasteiger partial charge in [0.2, 0.25) is 0 Å². The van der Waals surface area contributed by atoms with E-state index in [-0.39, 0.29) is 34.1 Å². The minimum absolute atomic E-state index is 0.0589. The van der Waals surface area contributed by atoms with Gasteiger partial charge in [0.25, 0.3) is 0 Å². The fraction of sp³-hybridized carbons (Fsp3) is 0.211. The zero-order chi connectivity index (χ0) is 53.3. The molecular weight excluding hydrogens is 762 g/mol. The van der Waals surface area contributed by atoms with Crippen LogP contribution in [-0.2, 0) is 38.2 Å². The van der Waals surface area contributed by atoms with Gasteiger partial charge >= 0.3 is 0 Å². The van der Waals surface area contributed by atoms with Crippen LogP contribution in [0, 0.1) is 5.82 Å². The van der Waals surface area contributed by atoms with Crippen LogP contribution < -0.4 is 0 Å². The molecule has 308 valence electrons. The van der Waals surface area contributed by atoms with Crippen molar-refractivity contribution in [3.05, 3.63) is 208 Å². The van der Waals surface area contributed by atoms with Crippen LogP contribution in [0.25, 0.3) is 55.7 Å². The van der Waals surface area contributed by atoms with Crippen molar-refractivity contribution in [1.82, 2.24) is 15.0 Å². The third-order valence-corrected chi connectivity index (χ3v) is 10.7. The molecule has 4 aromatic heterocycles. The summed E-state index contributed by atoms with van der Waals surface area (Å²) in [7, 11) is 0. The molecule has 0 spiro atoms. The average molecular weight is 826 g/mol. The van der Waals surface area contributed by atoms with E-state index in [0.29, 0.717) is 50.1 Å². The Labute approximate surface area is 381 Å². The molecule has 0 unspecified atom stereocenters. The monoisotopic (exact) mass is 825 g/mol. The number of aryl methyl sites for hydroxylation is 6. The van der Waals surface area contributed by atoms with Gasteiger partial charge in [0, 0.05) is 62.5 Å². The Bertz CT molecular complexity index is 3410. The van der Waals surface area contributed by atoms with Crippen molar-refractivity contribution in [2.75, 3.05) is 0 Å². The van der Waals surface area contributed by atoms with E-state index >= 15 is 0 Å². The number of fused-ring (bicyclic) bond motifs is 3. The first-order valence-corrected chi connectivity index (χ1v) is 20.7. The molecule has 0 saturated heterocycles. The molecule has 0 saturated carbocycles. The summed E-state index contributed by atoms with van der Waals surface area (Å²) >= 11 is 0. The smallest absolute Gasteiger partial charge is 0.171 e. The van der Waals surface area contributed by atoms with Crippen LogP contribution in [0.4, 0.5) is 4.39 Å². The second kappa shape index (κ2) is 18.1. The Kier molecular flexibility index (Phi) is 8.39. The lowest BCUT2D eigenvalue weighted by molar-refractivity contribution is 0.584. The van der Waals surface area contributed by atoms with E-state index in [1.807, 2.05) is 88.4 Å². The first-order chi connectivity index (χ1) is 34.8. The number of para-hydroxylation sites is 2. The van der Waals surface area contributed by atoms with Gasteiger partial charge in [-0.2, -0.15) is 0 Å². The predicted molar refractivity (Wildman–Crippen MR) is 253 cm³/mol. The molecule has 4 heterocycles. The number of rotatable bonds is 14. The highest BCUT2D eigenvalue weighted by atomic mass is 19.1. The molecule has 9 aromatic rings.